The first-order chi connectivity index (χ1) is 10.4. The predicted octanol–water partition coefficient (Wildman–Crippen LogP) is 3.39. The normalized spacial score (nSPS) is 16.6. The number of hydrogen-bond donors (Lipinski definition) is 0. The molecule has 2 rings (SSSR count). The van der Waals surface area contributed by atoms with E-state index >= 15 is 0 Å². The molecule has 0 fully saturated rings. The van der Waals surface area contributed by atoms with Gasteiger partial charge in [0.15, 0.2) is 5.78 Å². The van der Waals surface area contributed by atoms with E-state index in [4.69, 9.17) is 4.74 Å². The largest absolute Gasteiger partial charge is 0.497 e. The second-order valence-corrected chi connectivity index (χ2v) is 5.48. The van der Waals surface area contributed by atoms with Crippen LogP contribution in [0.2, 0.25) is 0 Å². The van der Waals surface area contributed by atoms with Crippen molar-refractivity contribution < 1.29 is 14.3 Å². The van der Waals surface area contributed by atoms with Gasteiger partial charge in [-0.05, 0) is 60.4 Å². The summed E-state index contributed by atoms with van der Waals surface area (Å²) in [5, 5.41) is 0. The minimum Gasteiger partial charge on any atom is -0.497 e. The lowest BCUT2D eigenvalue weighted by Crippen LogP contribution is -2.17. The lowest BCUT2D eigenvalue weighted by molar-refractivity contribution is -0.111. The van der Waals surface area contributed by atoms with Gasteiger partial charge in [-0.2, -0.15) is 0 Å². The zero-order chi connectivity index (χ0) is 16.3. The van der Waals surface area contributed by atoms with E-state index in [2.05, 4.69) is 4.99 Å². The number of methoxy groups -OCH3 is 1. The number of aliphatic imine (C=N–C) groups is 1. The minimum atomic E-state index is -0.331. The summed E-state index contributed by atoms with van der Waals surface area (Å²) in [4.78, 5) is 28.3. The fourth-order valence-corrected chi connectivity index (χ4v) is 2.16. The van der Waals surface area contributed by atoms with Crippen molar-refractivity contribution in [3.63, 3.8) is 0 Å². The molecule has 0 aliphatic heterocycles. The molecule has 0 bridgehead atoms. The molecule has 114 valence electrons. The zero-order valence-corrected chi connectivity index (χ0v) is 13.2. The molecule has 0 atom stereocenters. The van der Waals surface area contributed by atoms with Crippen LogP contribution < -0.4 is 4.74 Å². The summed E-state index contributed by atoms with van der Waals surface area (Å²) in [5.41, 5.74) is 2.43. The van der Waals surface area contributed by atoms with Crippen molar-refractivity contribution in [3.05, 3.63) is 53.1 Å². The van der Waals surface area contributed by atoms with Crippen molar-refractivity contribution in [2.75, 3.05) is 7.11 Å². The Kier molecular flexibility index (Phi) is 4.71. The Balaban J connectivity index is 2.34. The van der Waals surface area contributed by atoms with Crippen molar-refractivity contribution in [3.8, 4) is 5.75 Å². The van der Waals surface area contributed by atoms with E-state index in [1.807, 2.05) is 13.8 Å². The highest BCUT2D eigenvalue weighted by molar-refractivity contribution is 6.24. The lowest BCUT2D eigenvalue weighted by Gasteiger charge is -2.16. The number of carbonyl (C=O) groups excluding carboxylic acids is 2. The fraction of sp³-hybridized carbons (Fsp3) is 0.278. The van der Waals surface area contributed by atoms with Gasteiger partial charge in [0.25, 0.3) is 5.91 Å². The number of ketones is 1. The standard InChI is InChI=1S/C18H19NO3/c1-11(2)15-10-17(20)12(3)9-16(15)19-18(21)13-5-7-14(22-4)8-6-13/h5-11H,1-4H3. The maximum absolute atomic E-state index is 12.3. The van der Waals surface area contributed by atoms with Crippen molar-refractivity contribution >= 4 is 17.4 Å². The number of carbonyl (C=O) groups is 2. The molecule has 0 saturated heterocycles. The third-order valence-electron chi connectivity index (χ3n) is 3.51. The van der Waals surface area contributed by atoms with E-state index in [1.54, 1.807) is 50.5 Å². The summed E-state index contributed by atoms with van der Waals surface area (Å²) in [6, 6.07) is 6.79. The molecular formula is C18H19NO3. The molecule has 4 heteroatoms. The number of nitrogens with zero attached hydrogens (tertiary/aromatic N) is 1. The summed E-state index contributed by atoms with van der Waals surface area (Å²) in [6.45, 7) is 5.67. The number of hydrogen-bond acceptors (Lipinski definition) is 3. The smallest absolute Gasteiger partial charge is 0.277 e. The molecule has 1 aromatic carbocycles. The molecule has 0 N–H and O–H groups in total. The predicted molar refractivity (Wildman–Crippen MR) is 86.4 cm³/mol. The van der Waals surface area contributed by atoms with Gasteiger partial charge in [0.1, 0.15) is 5.75 Å². The molecule has 0 heterocycles. The number of allylic oxidation sites excluding steroid dienone is 4. The van der Waals surface area contributed by atoms with Crippen LogP contribution in [-0.4, -0.2) is 24.5 Å². The summed E-state index contributed by atoms with van der Waals surface area (Å²) in [5.74, 6) is 0.448. The van der Waals surface area contributed by atoms with Gasteiger partial charge in [0.2, 0.25) is 0 Å². The van der Waals surface area contributed by atoms with Crippen molar-refractivity contribution in [1.29, 1.82) is 0 Å². The molecule has 1 aromatic rings. The Labute approximate surface area is 130 Å². The number of ether oxygens (including phenoxy) is 1. The molecule has 1 amide bonds. The van der Waals surface area contributed by atoms with Crippen LogP contribution in [0.3, 0.4) is 0 Å². The van der Waals surface area contributed by atoms with E-state index in [1.165, 1.54) is 0 Å². The highest BCUT2D eigenvalue weighted by Gasteiger charge is 2.19. The van der Waals surface area contributed by atoms with Crippen molar-refractivity contribution in [2.24, 2.45) is 10.9 Å². The van der Waals surface area contributed by atoms with Crippen LogP contribution in [-0.2, 0) is 4.79 Å². The van der Waals surface area contributed by atoms with E-state index in [0.29, 0.717) is 22.6 Å². The Hall–Kier alpha value is -2.49. The lowest BCUT2D eigenvalue weighted by atomic mass is 9.90. The highest BCUT2D eigenvalue weighted by atomic mass is 16.5. The first kappa shape index (κ1) is 15.9. The number of amides is 1. The molecule has 22 heavy (non-hydrogen) atoms. The van der Waals surface area contributed by atoms with Gasteiger partial charge in [-0.15, -0.1) is 0 Å². The molecule has 0 saturated carbocycles. The van der Waals surface area contributed by atoms with Crippen LogP contribution in [0.5, 0.6) is 5.75 Å². The van der Waals surface area contributed by atoms with E-state index in [-0.39, 0.29) is 17.6 Å². The topological polar surface area (TPSA) is 55.7 Å². The molecule has 1 aliphatic rings. The van der Waals surface area contributed by atoms with Crippen LogP contribution in [0.4, 0.5) is 0 Å². The van der Waals surface area contributed by atoms with Gasteiger partial charge >= 0.3 is 0 Å². The van der Waals surface area contributed by atoms with E-state index in [0.717, 1.165) is 5.57 Å². The van der Waals surface area contributed by atoms with Crippen LogP contribution >= 0.6 is 0 Å². The third kappa shape index (κ3) is 3.39. The average Bonchev–Trinajstić information content (AvgIpc) is 2.50. The summed E-state index contributed by atoms with van der Waals surface area (Å²) in [7, 11) is 1.57. The monoisotopic (exact) mass is 297 g/mol. The first-order valence-corrected chi connectivity index (χ1v) is 7.14. The third-order valence-corrected chi connectivity index (χ3v) is 3.51. The molecular weight excluding hydrogens is 278 g/mol. The summed E-state index contributed by atoms with van der Waals surface area (Å²) >= 11 is 0. The van der Waals surface area contributed by atoms with Crippen molar-refractivity contribution in [2.45, 2.75) is 20.8 Å². The molecule has 4 nitrogen and oxygen atoms in total. The highest BCUT2D eigenvalue weighted by Crippen LogP contribution is 2.21. The maximum Gasteiger partial charge on any atom is 0.277 e. The van der Waals surface area contributed by atoms with Crippen LogP contribution in [0.25, 0.3) is 0 Å². The fourth-order valence-electron chi connectivity index (χ4n) is 2.16. The maximum atomic E-state index is 12.3. The van der Waals surface area contributed by atoms with Crippen LogP contribution in [0.1, 0.15) is 31.1 Å². The zero-order valence-electron chi connectivity index (χ0n) is 13.2. The molecule has 0 radical (unpaired) electrons. The van der Waals surface area contributed by atoms with Gasteiger partial charge in [-0.1, -0.05) is 13.8 Å². The van der Waals surface area contributed by atoms with Crippen LogP contribution in [0, 0.1) is 5.92 Å². The Morgan fingerprint density at radius 2 is 1.77 bits per heavy atom. The van der Waals surface area contributed by atoms with Gasteiger partial charge in [-0.25, -0.2) is 4.99 Å². The number of rotatable bonds is 3. The SMILES string of the molecule is COc1ccc(C(=O)N=C2C=C(C)C(=O)C=C2C(C)C)cc1. The summed E-state index contributed by atoms with van der Waals surface area (Å²) < 4.78 is 5.07. The van der Waals surface area contributed by atoms with Gasteiger partial charge in [-0.3, -0.25) is 9.59 Å². The summed E-state index contributed by atoms with van der Waals surface area (Å²) in [6.07, 6.45) is 3.25. The van der Waals surface area contributed by atoms with E-state index in [9.17, 15) is 9.59 Å². The average molecular weight is 297 g/mol. The Morgan fingerprint density at radius 1 is 1.14 bits per heavy atom. The Bertz CT molecular complexity index is 692. The van der Waals surface area contributed by atoms with Crippen molar-refractivity contribution in [1.82, 2.24) is 0 Å². The van der Waals surface area contributed by atoms with Gasteiger partial charge in [0.05, 0.1) is 12.8 Å². The van der Waals surface area contributed by atoms with Gasteiger partial charge < -0.3 is 4.74 Å². The second kappa shape index (κ2) is 6.52. The first-order valence-electron chi connectivity index (χ1n) is 7.14. The quantitative estimate of drug-likeness (QED) is 0.804. The number of benzene rings is 1. The molecule has 1 aliphatic carbocycles. The second-order valence-electron chi connectivity index (χ2n) is 5.48. The molecule has 0 spiro atoms. The minimum absolute atomic E-state index is 0.0282. The molecule has 0 aromatic heterocycles. The Morgan fingerprint density at radius 3 is 2.32 bits per heavy atom. The van der Waals surface area contributed by atoms with Crippen LogP contribution in [0.15, 0.2) is 52.6 Å². The van der Waals surface area contributed by atoms with Gasteiger partial charge in [0, 0.05) is 5.56 Å². The van der Waals surface area contributed by atoms with E-state index < -0.39 is 0 Å². The molecule has 0 unspecified atom stereocenters.